The Morgan fingerprint density at radius 1 is 0.786 bits per heavy atom. The van der Waals surface area contributed by atoms with E-state index < -0.39 is 30.1 Å². The number of hydrogen-bond donors (Lipinski definition) is 3. The number of anilines is 1. The van der Waals surface area contributed by atoms with Crippen molar-refractivity contribution in [3.05, 3.63) is 125 Å². The lowest BCUT2D eigenvalue weighted by Gasteiger charge is -2.22. The molecule has 4 aromatic carbocycles. The van der Waals surface area contributed by atoms with Crippen LogP contribution in [0, 0.1) is 0 Å². The molecule has 0 saturated carbocycles. The van der Waals surface area contributed by atoms with E-state index in [4.69, 9.17) is 9.47 Å². The second-order valence-corrected chi connectivity index (χ2v) is 10.2. The largest absolute Gasteiger partial charge is 0.480 e. The van der Waals surface area contributed by atoms with E-state index in [0.29, 0.717) is 11.3 Å². The van der Waals surface area contributed by atoms with E-state index in [1.54, 1.807) is 31.2 Å². The molecule has 214 valence electrons. The Morgan fingerprint density at radius 3 is 2.00 bits per heavy atom. The summed E-state index contributed by atoms with van der Waals surface area (Å²) in [7, 11) is 0. The van der Waals surface area contributed by atoms with Crippen LogP contribution < -0.4 is 10.6 Å². The lowest BCUT2D eigenvalue weighted by Crippen LogP contribution is -2.49. The molecule has 0 aromatic heterocycles. The average molecular weight is 565 g/mol. The SMILES string of the molecule is C[C@H](OCc1ccccc1)[C@@H](NC(=O)Cc1ccc(NC(=O)OCC2c3ccccc3-c3ccccc32)cc1)C(=O)O. The van der Waals surface area contributed by atoms with Crippen molar-refractivity contribution in [1.29, 1.82) is 0 Å². The molecule has 8 nitrogen and oxygen atoms in total. The van der Waals surface area contributed by atoms with Crippen LogP contribution in [0.4, 0.5) is 10.5 Å². The van der Waals surface area contributed by atoms with E-state index in [-0.39, 0.29) is 25.6 Å². The summed E-state index contributed by atoms with van der Waals surface area (Å²) < 4.78 is 11.3. The molecular formula is C34H32N2O6. The number of carbonyl (C=O) groups excluding carboxylic acids is 2. The minimum absolute atomic E-state index is 0.0274. The minimum atomic E-state index is -1.20. The fraction of sp³-hybridized carbons (Fsp3) is 0.206. The lowest BCUT2D eigenvalue weighted by atomic mass is 9.98. The van der Waals surface area contributed by atoms with Gasteiger partial charge in [0.15, 0.2) is 6.04 Å². The zero-order valence-electron chi connectivity index (χ0n) is 23.2. The van der Waals surface area contributed by atoms with Gasteiger partial charge in [0.1, 0.15) is 6.61 Å². The van der Waals surface area contributed by atoms with Crippen LogP contribution >= 0.6 is 0 Å². The van der Waals surface area contributed by atoms with Crippen LogP contribution in [0.3, 0.4) is 0 Å². The Labute approximate surface area is 244 Å². The molecule has 42 heavy (non-hydrogen) atoms. The molecule has 2 amide bonds. The maximum absolute atomic E-state index is 12.6. The van der Waals surface area contributed by atoms with Crippen LogP contribution in [-0.4, -0.2) is 41.8 Å². The first-order valence-electron chi connectivity index (χ1n) is 13.8. The van der Waals surface area contributed by atoms with E-state index in [2.05, 4.69) is 34.9 Å². The number of ether oxygens (including phenoxy) is 2. The van der Waals surface area contributed by atoms with Gasteiger partial charge in [-0.1, -0.05) is 91.0 Å². The smallest absolute Gasteiger partial charge is 0.411 e. The molecule has 0 heterocycles. The number of benzene rings is 4. The maximum Gasteiger partial charge on any atom is 0.411 e. The summed E-state index contributed by atoms with van der Waals surface area (Å²) in [6.07, 6.45) is -1.34. The predicted molar refractivity (Wildman–Crippen MR) is 159 cm³/mol. The highest BCUT2D eigenvalue weighted by Gasteiger charge is 2.29. The van der Waals surface area contributed by atoms with E-state index in [1.165, 1.54) is 0 Å². The average Bonchev–Trinajstić information content (AvgIpc) is 3.32. The molecule has 1 aliphatic rings. The summed E-state index contributed by atoms with van der Waals surface area (Å²) in [5, 5.41) is 14.9. The standard InChI is InChI=1S/C34H32N2O6/c1-22(41-20-24-9-3-2-4-10-24)32(33(38)39)36-31(37)19-23-15-17-25(18-16-23)35-34(40)42-21-30-28-13-7-5-11-26(28)27-12-6-8-14-29(27)30/h2-18,22,30,32H,19-21H2,1H3,(H,35,40)(H,36,37)(H,38,39)/t22-,32+/m0/s1. The molecule has 0 radical (unpaired) electrons. The Morgan fingerprint density at radius 2 is 1.38 bits per heavy atom. The molecule has 5 rings (SSSR count). The predicted octanol–water partition coefficient (Wildman–Crippen LogP) is 5.76. The molecule has 8 heteroatoms. The number of rotatable bonds is 11. The van der Waals surface area contributed by atoms with Gasteiger partial charge in [0.2, 0.25) is 5.91 Å². The molecule has 0 unspecified atom stereocenters. The second kappa shape index (κ2) is 13.1. The quantitative estimate of drug-likeness (QED) is 0.213. The number of carbonyl (C=O) groups is 3. The van der Waals surface area contributed by atoms with Crippen LogP contribution in [0.2, 0.25) is 0 Å². The van der Waals surface area contributed by atoms with Gasteiger partial charge >= 0.3 is 12.1 Å². The highest BCUT2D eigenvalue weighted by atomic mass is 16.5. The molecule has 3 N–H and O–H groups in total. The lowest BCUT2D eigenvalue weighted by molar-refractivity contribution is -0.146. The summed E-state index contributed by atoms with van der Waals surface area (Å²) in [5.74, 6) is -1.66. The first kappa shape index (κ1) is 28.6. The van der Waals surface area contributed by atoms with Gasteiger partial charge in [-0.2, -0.15) is 0 Å². The number of amides is 2. The van der Waals surface area contributed by atoms with E-state index >= 15 is 0 Å². The fourth-order valence-corrected chi connectivity index (χ4v) is 5.15. The first-order chi connectivity index (χ1) is 20.4. The molecule has 0 saturated heterocycles. The molecule has 0 fully saturated rings. The molecule has 0 bridgehead atoms. The summed E-state index contributed by atoms with van der Waals surface area (Å²) in [6, 6.07) is 31.2. The van der Waals surface area contributed by atoms with Crippen LogP contribution in [0.25, 0.3) is 11.1 Å². The molecular weight excluding hydrogens is 532 g/mol. The summed E-state index contributed by atoms with van der Waals surface area (Å²) in [5.41, 5.74) is 6.67. The van der Waals surface area contributed by atoms with Crippen molar-refractivity contribution in [3.63, 3.8) is 0 Å². The Balaban J connectivity index is 1.11. The van der Waals surface area contributed by atoms with Gasteiger partial charge in [0.05, 0.1) is 19.1 Å². The third-order valence-corrected chi connectivity index (χ3v) is 7.32. The van der Waals surface area contributed by atoms with E-state index in [1.807, 2.05) is 54.6 Å². The van der Waals surface area contributed by atoms with Gasteiger partial charge < -0.3 is 19.9 Å². The number of fused-ring (bicyclic) bond motifs is 3. The molecule has 1 aliphatic carbocycles. The van der Waals surface area contributed by atoms with E-state index in [9.17, 15) is 19.5 Å². The number of aliphatic carboxylic acids is 1. The fourth-order valence-electron chi connectivity index (χ4n) is 5.15. The Hall–Kier alpha value is -4.95. The zero-order chi connectivity index (χ0) is 29.5. The van der Waals surface area contributed by atoms with Gasteiger partial charge in [-0.15, -0.1) is 0 Å². The summed E-state index contributed by atoms with van der Waals surface area (Å²) in [6.45, 7) is 2.06. The minimum Gasteiger partial charge on any atom is -0.480 e. The number of carboxylic acid groups (broad SMARTS) is 1. The van der Waals surface area contributed by atoms with Crippen LogP contribution in [0.15, 0.2) is 103 Å². The molecule has 0 aliphatic heterocycles. The normalized spacial score (nSPS) is 13.4. The highest BCUT2D eigenvalue weighted by molar-refractivity contribution is 5.86. The number of hydrogen-bond acceptors (Lipinski definition) is 5. The summed E-state index contributed by atoms with van der Waals surface area (Å²) in [4.78, 5) is 37.0. The molecule has 4 aromatic rings. The van der Waals surface area contributed by atoms with Gasteiger partial charge in [-0.25, -0.2) is 9.59 Å². The van der Waals surface area contributed by atoms with Gasteiger partial charge in [-0.3, -0.25) is 10.1 Å². The Kier molecular flexibility index (Phi) is 8.94. The van der Waals surface area contributed by atoms with Gasteiger partial charge in [-0.05, 0) is 52.4 Å². The van der Waals surface area contributed by atoms with Crippen LogP contribution in [-0.2, 0) is 32.1 Å². The number of carboxylic acids is 1. The van der Waals surface area contributed by atoms with Crippen molar-refractivity contribution in [3.8, 4) is 11.1 Å². The molecule has 2 atom stereocenters. The number of nitrogens with one attached hydrogen (secondary N) is 2. The maximum atomic E-state index is 12.6. The Bertz CT molecular complexity index is 1510. The van der Waals surface area contributed by atoms with Gasteiger partial charge in [0, 0.05) is 11.6 Å². The van der Waals surface area contributed by atoms with Crippen LogP contribution in [0.1, 0.15) is 35.1 Å². The second-order valence-electron chi connectivity index (χ2n) is 10.2. The highest BCUT2D eigenvalue weighted by Crippen LogP contribution is 2.44. The third-order valence-electron chi connectivity index (χ3n) is 7.32. The van der Waals surface area contributed by atoms with Crippen molar-refractivity contribution < 1.29 is 29.0 Å². The van der Waals surface area contributed by atoms with Crippen molar-refractivity contribution in [1.82, 2.24) is 5.32 Å². The monoisotopic (exact) mass is 564 g/mol. The summed E-state index contributed by atoms with van der Waals surface area (Å²) >= 11 is 0. The first-order valence-corrected chi connectivity index (χ1v) is 13.8. The topological polar surface area (TPSA) is 114 Å². The third kappa shape index (κ3) is 6.85. The van der Waals surface area contributed by atoms with Gasteiger partial charge in [0.25, 0.3) is 0 Å². The van der Waals surface area contributed by atoms with Crippen molar-refractivity contribution in [2.75, 3.05) is 11.9 Å². The van der Waals surface area contributed by atoms with Crippen molar-refractivity contribution in [2.24, 2.45) is 0 Å². The van der Waals surface area contributed by atoms with Crippen LogP contribution in [0.5, 0.6) is 0 Å². The van der Waals surface area contributed by atoms with E-state index in [0.717, 1.165) is 27.8 Å². The zero-order valence-corrected chi connectivity index (χ0v) is 23.2. The van der Waals surface area contributed by atoms with Crippen molar-refractivity contribution >= 4 is 23.7 Å². The molecule has 0 spiro atoms. The van der Waals surface area contributed by atoms with Crippen molar-refractivity contribution in [2.45, 2.75) is 38.0 Å².